The largest absolute Gasteiger partial charge is 0.497 e. The van der Waals surface area contributed by atoms with E-state index in [-0.39, 0.29) is 5.56 Å². The van der Waals surface area contributed by atoms with Gasteiger partial charge in [-0.05, 0) is 30.3 Å². The molecule has 0 aliphatic rings. The van der Waals surface area contributed by atoms with Gasteiger partial charge in [-0.2, -0.15) is 0 Å². The Kier molecular flexibility index (Phi) is 3.54. The average molecular weight is 330 g/mol. The molecule has 2 aromatic heterocycles. The molecular formula is C20H14N2O3. The summed E-state index contributed by atoms with van der Waals surface area (Å²) in [7, 11) is 1.62. The van der Waals surface area contributed by atoms with E-state index in [1.54, 1.807) is 37.7 Å². The monoisotopic (exact) mass is 330 g/mol. The highest BCUT2D eigenvalue weighted by molar-refractivity contribution is 6.11. The number of hydrogen-bond acceptors (Lipinski definition) is 4. The predicted octanol–water partition coefficient (Wildman–Crippen LogP) is 4.16. The number of carboxylic acid groups (broad SMARTS) is 1. The summed E-state index contributed by atoms with van der Waals surface area (Å²) in [4.78, 5) is 20.3. The first-order valence-electron chi connectivity index (χ1n) is 7.72. The van der Waals surface area contributed by atoms with Crippen molar-refractivity contribution < 1.29 is 14.6 Å². The molecule has 0 aliphatic carbocycles. The second-order valence-corrected chi connectivity index (χ2v) is 5.65. The molecular weight excluding hydrogens is 316 g/mol. The Morgan fingerprint density at radius 2 is 1.92 bits per heavy atom. The molecule has 0 radical (unpaired) electrons. The minimum absolute atomic E-state index is 0.208. The summed E-state index contributed by atoms with van der Waals surface area (Å²) in [5, 5.41) is 12.0. The van der Waals surface area contributed by atoms with Crippen molar-refractivity contribution in [3.63, 3.8) is 0 Å². The van der Waals surface area contributed by atoms with Crippen molar-refractivity contribution >= 4 is 27.6 Å². The number of ether oxygens (including phenoxy) is 1. The summed E-state index contributed by atoms with van der Waals surface area (Å²) in [5.41, 5.74) is 2.50. The van der Waals surface area contributed by atoms with E-state index in [2.05, 4.69) is 4.98 Å². The third kappa shape index (κ3) is 2.55. The number of methoxy groups -OCH3 is 1. The Hall–Kier alpha value is -3.47. The molecule has 5 heteroatoms. The van der Waals surface area contributed by atoms with E-state index in [1.165, 1.54) is 0 Å². The van der Waals surface area contributed by atoms with Gasteiger partial charge in [0.25, 0.3) is 0 Å². The van der Waals surface area contributed by atoms with Crippen molar-refractivity contribution in [2.45, 2.75) is 0 Å². The number of aromatic carboxylic acids is 1. The molecule has 2 heterocycles. The molecule has 4 rings (SSSR count). The van der Waals surface area contributed by atoms with Crippen molar-refractivity contribution in [2.75, 3.05) is 7.11 Å². The first-order chi connectivity index (χ1) is 12.2. The summed E-state index contributed by atoms with van der Waals surface area (Å²) in [6.45, 7) is 0. The smallest absolute Gasteiger partial charge is 0.335 e. The summed E-state index contributed by atoms with van der Waals surface area (Å²) >= 11 is 0. The quantitative estimate of drug-likeness (QED) is 0.571. The van der Waals surface area contributed by atoms with Crippen LogP contribution in [-0.4, -0.2) is 28.2 Å². The SMILES string of the molecule is COc1cccc(-c2nc3cc(C(=O)O)ccc3c3cnccc23)c1. The maximum absolute atomic E-state index is 11.3. The highest BCUT2D eigenvalue weighted by atomic mass is 16.5. The fourth-order valence-electron chi connectivity index (χ4n) is 2.97. The van der Waals surface area contributed by atoms with Crippen LogP contribution in [0.1, 0.15) is 10.4 Å². The molecule has 122 valence electrons. The molecule has 0 saturated heterocycles. The summed E-state index contributed by atoms with van der Waals surface area (Å²) in [5.74, 6) is -0.237. The molecule has 0 spiro atoms. The molecule has 0 unspecified atom stereocenters. The molecule has 5 nitrogen and oxygen atoms in total. The van der Waals surface area contributed by atoms with Crippen LogP contribution in [0.15, 0.2) is 60.9 Å². The molecule has 0 aliphatic heterocycles. The maximum Gasteiger partial charge on any atom is 0.335 e. The molecule has 1 N–H and O–H groups in total. The van der Waals surface area contributed by atoms with E-state index in [9.17, 15) is 9.90 Å². The fraction of sp³-hybridized carbons (Fsp3) is 0.0500. The Bertz CT molecular complexity index is 1120. The zero-order chi connectivity index (χ0) is 17.4. The maximum atomic E-state index is 11.3. The molecule has 25 heavy (non-hydrogen) atoms. The molecule has 0 fully saturated rings. The fourth-order valence-corrected chi connectivity index (χ4v) is 2.97. The van der Waals surface area contributed by atoms with Crippen LogP contribution in [0.2, 0.25) is 0 Å². The molecule has 2 aromatic carbocycles. The highest BCUT2D eigenvalue weighted by Gasteiger charge is 2.13. The Labute approximate surface area is 143 Å². The van der Waals surface area contributed by atoms with Crippen LogP contribution in [0.4, 0.5) is 0 Å². The van der Waals surface area contributed by atoms with Gasteiger partial charge in [-0.1, -0.05) is 18.2 Å². The van der Waals surface area contributed by atoms with E-state index < -0.39 is 5.97 Å². The van der Waals surface area contributed by atoms with Crippen LogP contribution in [0, 0.1) is 0 Å². The second kappa shape index (κ2) is 5.87. The van der Waals surface area contributed by atoms with Crippen molar-refractivity contribution in [1.29, 1.82) is 0 Å². The van der Waals surface area contributed by atoms with Crippen LogP contribution >= 0.6 is 0 Å². The molecule has 0 amide bonds. The minimum Gasteiger partial charge on any atom is -0.497 e. The third-order valence-electron chi connectivity index (χ3n) is 4.19. The van der Waals surface area contributed by atoms with Crippen LogP contribution in [0.5, 0.6) is 5.75 Å². The van der Waals surface area contributed by atoms with Gasteiger partial charge in [0.2, 0.25) is 0 Å². The van der Waals surface area contributed by atoms with E-state index in [1.807, 2.05) is 30.3 Å². The van der Waals surface area contributed by atoms with Gasteiger partial charge in [0.15, 0.2) is 0 Å². The number of pyridine rings is 2. The number of aromatic nitrogens is 2. The van der Waals surface area contributed by atoms with Gasteiger partial charge < -0.3 is 9.84 Å². The van der Waals surface area contributed by atoms with Gasteiger partial charge in [-0.3, -0.25) is 4.98 Å². The molecule has 0 atom stereocenters. The lowest BCUT2D eigenvalue weighted by atomic mass is 10.0. The minimum atomic E-state index is -0.974. The predicted molar refractivity (Wildman–Crippen MR) is 96.0 cm³/mol. The summed E-state index contributed by atoms with van der Waals surface area (Å²) in [6, 6.07) is 14.5. The number of hydrogen-bond donors (Lipinski definition) is 1. The highest BCUT2D eigenvalue weighted by Crippen LogP contribution is 2.33. The van der Waals surface area contributed by atoms with E-state index in [0.717, 1.165) is 33.2 Å². The Morgan fingerprint density at radius 3 is 2.72 bits per heavy atom. The van der Waals surface area contributed by atoms with Gasteiger partial charge >= 0.3 is 5.97 Å². The van der Waals surface area contributed by atoms with Gasteiger partial charge in [0.05, 0.1) is 23.9 Å². The standard InChI is InChI=1S/C20H14N2O3/c1-25-14-4-2-3-12(9-14)19-16-7-8-21-11-17(16)15-6-5-13(20(23)24)10-18(15)22-19/h2-11H,1H3,(H,23,24). The lowest BCUT2D eigenvalue weighted by molar-refractivity contribution is 0.0697. The van der Waals surface area contributed by atoms with Gasteiger partial charge in [-0.25, -0.2) is 9.78 Å². The average Bonchev–Trinajstić information content (AvgIpc) is 2.66. The zero-order valence-corrected chi connectivity index (χ0v) is 13.4. The first-order valence-corrected chi connectivity index (χ1v) is 7.72. The topological polar surface area (TPSA) is 72.3 Å². The number of nitrogens with zero attached hydrogens (tertiary/aromatic N) is 2. The lowest BCUT2D eigenvalue weighted by Gasteiger charge is -2.11. The first kappa shape index (κ1) is 15.1. The second-order valence-electron chi connectivity index (χ2n) is 5.65. The van der Waals surface area contributed by atoms with Crippen molar-refractivity contribution in [3.8, 4) is 17.0 Å². The zero-order valence-electron chi connectivity index (χ0n) is 13.4. The van der Waals surface area contributed by atoms with Crippen LogP contribution in [0.25, 0.3) is 32.9 Å². The molecule has 0 saturated carbocycles. The van der Waals surface area contributed by atoms with Crippen molar-refractivity contribution in [2.24, 2.45) is 0 Å². The van der Waals surface area contributed by atoms with Crippen molar-refractivity contribution in [3.05, 3.63) is 66.5 Å². The number of benzene rings is 2. The number of rotatable bonds is 3. The Morgan fingerprint density at radius 1 is 1.04 bits per heavy atom. The van der Waals surface area contributed by atoms with E-state index >= 15 is 0 Å². The summed E-state index contributed by atoms with van der Waals surface area (Å²) in [6.07, 6.45) is 3.51. The van der Waals surface area contributed by atoms with E-state index in [4.69, 9.17) is 9.72 Å². The van der Waals surface area contributed by atoms with Crippen LogP contribution in [-0.2, 0) is 0 Å². The number of fused-ring (bicyclic) bond motifs is 3. The third-order valence-corrected chi connectivity index (χ3v) is 4.19. The van der Waals surface area contributed by atoms with Gasteiger partial charge in [0.1, 0.15) is 5.75 Å². The summed E-state index contributed by atoms with van der Waals surface area (Å²) < 4.78 is 5.31. The Balaban J connectivity index is 2.08. The van der Waals surface area contributed by atoms with Crippen LogP contribution in [0.3, 0.4) is 0 Å². The molecule has 0 bridgehead atoms. The normalized spacial score (nSPS) is 10.9. The van der Waals surface area contributed by atoms with Crippen LogP contribution < -0.4 is 4.74 Å². The van der Waals surface area contributed by atoms with Gasteiger partial charge in [-0.15, -0.1) is 0 Å². The van der Waals surface area contributed by atoms with Crippen molar-refractivity contribution in [1.82, 2.24) is 9.97 Å². The van der Waals surface area contributed by atoms with E-state index in [0.29, 0.717) is 5.52 Å². The number of carboxylic acids is 1. The molecule has 4 aromatic rings. The number of carbonyl (C=O) groups is 1. The lowest BCUT2D eigenvalue weighted by Crippen LogP contribution is -1.97. The van der Waals surface area contributed by atoms with Gasteiger partial charge in [0, 0.05) is 34.1 Å².